The summed E-state index contributed by atoms with van der Waals surface area (Å²) in [4.78, 5) is 21.4. The summed E-state index contributed by atoms with van der Waals surface area (Å²) >= 11 is 1.23. The molecule has 0 saturated carbocycles. The van der Waals surface area contributed by atoms with Gasteiger partial charge in [-0.25, -0.2) is 13.4 Å². The van der Waals surface area contributed by atoms with Crippen molar-refractivity contribution in [2.75, 3.05) is 35.8 Å². The number of hydrogen-bond acceptors (Lipinski definition) is 6. The van der Waals surface area contributed by atoms with Gasteiger partial charge in [0.05, 0.1) is 4.90 Å². The number of anilines is 2. The Balaban J connectivity index is 1.21. The van der Waals surface area contributed by atoms with Gasteiger partial charge in [-0.1, -0.05) is 18.2 Å². The van der Waals surface area contributed by atoms with Crippen LogP contribution in [-0.2, 0) is 14.8 Å². The summed E-state index contributed by atoms with van der Waals surface area (Å²) in [5, 5.41) is 3.18. The van der Waals surface area contributed by atoms with Gasteiger partial charge < -0.3 is 14.4 Å². The highest BCUT2D eigenvalue weighted by Crippen LogP contribution is 2.24. The van der Waals surface area contributed by atoms with E-state index in [1.54, 1.807) is 23.7 Å². The van der Waals surface area contributed by atoms with Gasteiger partial charge in [0.2, 0.25) is 5.91 Å². The number of nitrogens with zero attached hydrogens (tertiary/aromatic N) is 4. The monoisotopic (exact) mass is 495 g/mol. The number of hydrogen-bond donors (Lipinski definition) is 1. The molecule has 2 aromatic carbocycles. The molecule has 4 aromatic rings. The Morgan fingerprint density at radius 1 is 1.03 bits per heavy atom. The molecule has 2 aromatic heterocycles. The Morgan fingerprint density at radius 3 is 2.47 bits per heavy atom. The number of thiazole rings is 1. The molecule has 8 nitrogen and oxygen atoms in total. The van der Waals surface area contributed by atoms with Crippen LogP contribution in [0.1, 0.15) is 13.0 Å². The van der Waals surface area contributed by atoms with Crippen LogP contribution in [0.5, 0.6) is 0 Å². The van der Waals surface area contributed by atoms with Gasteiger partial charge in [0.1, 0.15) is 6.04 Å². The van der Waals surface area contributed by atoms with Gasteiger partial charge in [0.15, 0.2) is 5.13 Å². The quantitative estimate of drug-likeness (QED) is 0.440. The molecule has 1 saturated heterocycles. The molecule has 1 aliphatic heterocycles. The minimum absolute atomic E-state index is 0.107. The van der Waals surface area contributed by atoms with Crippen molar-refractivity contribution in [2.45, 2.75) is 17.9 Å². The fraction of sp³-hybridized carbons (Fsp3) is 0.250. The molecule has 1 aliphatic rings. The van der Waals surface area contributed by atoms with Crippen molar-refractivity contribution in [3.63, 3.8) is 0 Å². The predicted octanol–water partition coefficient (Wildman–Crippen LogP) is 3.81. The highest BCUT2D eigenvalue weighted by Gasteiger charge is 2.26. The lowest BCUT2D eigenvalue weighted by atomic mass is 10.2. The van der Waals surface area contributed by atoms with Gasteiger partial charge >= 0.3 is 0 Å². The van der Waals surface area contributed by atoms with Gasteiger partial charge in [0, 0.05) is 55.2 Å². The molecule has 0 unspecified atom stereocenters. The summed E-state index contributed by atoms with van der Waals surface area (Å²) in [5.41, 5.74) is 1.99. The van der Waals surface area contributed by atoms with Crippen molar-refractivity contribution in [2.24, 2.45) is 0 Å². The van der Waals surface area contributed by atoms with E-state index in [0.717, 1.165) is 16.6 Å². The fourth-order valence-electron chi connectivity index (χ4n) is 4.29. The van der Waals surface area contributed by atoms with Crippen LogP contribution in [-0.4, -0.2) is 55.0 Å². The first kappa shape index (κ1) is 22.4. The first-order chi connectivity index (χ1) is 16.4. The average molecular weight is 496 g/mol. The molecule has 10 heteroatoms. The van der Waals surface area contributed by atoms with E-state index in [4.69, 9.17) is 0 Å². The van der Waals surface area contributed by atoms with E-state index in [0.29, 0.717) is 31.3 Å². The van der Waals surface area contributed by atoms with E-state index < -0.39 is 10.0 Å². The van der Waals surface area contributed by atoms with Crippen LogP contribution in [0.15, 0.2) is 77.3 Å². The number of sulfonamides is 1. The number of amides is 1. The summed E-state index contributed by atoms with van der Waals surface area (Å²) in [6.07, 6.45) is 3.53. The Bertz CT molecular complexity index is 1390. The van der Waals surface area contributed by atoms with Gasteiger partial charge in [-0.2, -0.15) is 0 Å². The lowest BCUT2D eigenvalue weighted by molar-refractivity contribution is -0.134. The van der Waals surface area contributed by atoms with Gasteiger partial charge in [-0.15, -0.1) is 11.3 Å². The number of piperazine rings is 1. The molecule has 1 amide bonds. The molecule has 34 heavy (non-hydrogen) atoms. The van der Waals surface area contributed by atoms with Gasteiger partial charge in [-0.05, 0) is 48.7 Å². The second-order valence-corrected chi connectivity index (χ2v) is 10.8. The zero-order valence-electron chi connectivity index (χ0n) is 18.7. The number of aromatic nitrogens is 2. The van der Waals surface area contributed by atoms with Crippen LogP contribution >= 0.6 is 11.3 Å². The van der Waals surface area contributed by atoms with E-state index in [-0.39, 0.29) is 16.8 Å². The number of nitrogens with one attached hydrogen (secondary N) is 1. The summed E-state index contributed by atoms with van der Waals surface area (Å²) < 4.78 is 29.6. The lowest BCUT2D eigenvalue weighted by Crippen LogP contribution is -2.50. The highest BCUT2D eigenvalue weighted by molar-refractivity contribution is 7.93. The Morgan fingerprint density at radius 2 is 1.76 bits per heavy atom. The van der Waals surface area contributed by atoms with Crippen LogP contribution in [0.4, 0.5) is 10.8 Å². The van der Waals surface area contributed by atoms with Crippen molar-refractivity contribution < 1.29 is 13.2 Å². The number of para-hydroxylation sites is 1. The predicted molar refractivity (Wildman–Crippen MR) is 135 cm³/mol. The molecule has 0 radical (unpaired) electrons. The smallest absolute Gasteiger partial charge is 0.263 e. The topological polar surface area (TPSA) is 87.5 Å². The summed E-state index contributed by atoms with van der Waals surface area (Å²) in [5.74, 6) is 0.107. The van der Waals surface area contributed by atoms with Crippen molar-refractivity contribution >= 4 is 49.0 Å². The SMILES string of the molecule is C[C@H](C(=O)N1CCN(c2ccc(S(=O)(=O)Nc3nccs3)cc2)CC1)n1ccc2ccccc21. The van der Waals surface area contributed by atoms with Crippen LogP contribution in [0.25, 0.3) is 10.9 Å². The van der Waals surface area contributed by atoms with Crippen molar-refractivity contribution in [3.8, 4) is 0 Å². The molecule has 1 atom stereocenters. The molecule has 5 rings (SSSR count). The maximum Gasteiger partial charge on any atom is 0.263 e. The maximum absolute atomic E-state index is 13.2. The fourth-order valence-corrected chi connectivity index (χ4v) is 6.08. The van der Waals surface area contributed by atoms with Crippen LogP contribution < -0.4 is 9.62 Å². The largest absolute Gasteiger partial charge is 0.368 e. The van der Waals surface area contributed by atoms with E-state index in [9.17, 15) is 13.2 Å². The molecule has 0 bridgehead atoms. The van der Waals surface area contributed by atoms with Gasteiger partial charge in [0.25, 0.3) is 10.0 Å². The zero-order valence-corrected chi connectivity index (χ0v) is 20.3. The summed E-state index contributed by atoms with van der Waals surface area (Å²) in [6, 6.07) is 16.6. The van der Waals surface area contributed by atoms with Crippen molar-refractivity contribution in [3.05, 3.63) is 72.4 Å². The number of fused-ring (bicyclic) bond motifs is 1. The molecule has 0 spiro atoms. The van der Waals surface area contributed by atoms with Crippen molar-refractivity contribution in [1.29, 1.82) is 0 Å². The molecule has 1 N–H and O–H groups in total. The second-order valence-electron chi connectivity index (χ2n) is 8.21. The normalized spacial score (nSPS) is 15.4. The third-order valence-electron chi connectivity index (χ3n) is 6.16. The number of benzene rings is 2. The maximum atomic E-state index is 13.2. The first-order valence-corrected chi connectivity index (χ1v) is 13.4. The molecule has 3 heterocycles. The minimum atomic E-state index is -3.67. The Labute approximate surface area is 202 Å². The van der Waals surface area contributed by atoms with Crippen molar-refractivity contribution in [1.82, 2.24) is 14.5 Å². The average Bonchev–Trinajstić information content (AvgIpc) is 3.53. The Hall–Kier alpha value is -3.37. The van der Waals surface area contributed by atoms with E-state index in [1.165, 1.54) is 11.3 Å². The summed E-state index contributed by atoms with van der Waals surface area (Å²) in [6.45, 7) is 4.56. The third kappa shape index (κ3) is 4.38. The molecule has 176 valence electrons. The van der Waals surface area contributed by atoms with E-state index >= 15 is 0 Å². The second kappa shape index (κ2) is 9.11. The molecular weight excluding hydrogens is 470 g/mol. The van der Waals surface area contributed by atoms with Gasteiger partial charge in [-0.3, -0.25) is 9.52 Å². The van der Waals surface area contributed by atoms with E-state index in [2.05, 4.69) is 14.6 Å². The third-order valence-corrected chi connectivity index (χ3v) is 8.33. The number of carbonyl (C=O) groups excluding carboxylic acids is 1. The number of rotatable bonds is 6. The van der Waals surface area contributed by atoms with Crippen LogP contribution in [0.3, 0.4) is 0 Å². The van der Waals surface area contributed by atoms with Crippen LogP contribution in [0, 0.1) is 0 Å². The first-order valence-electron chi connectivity index (χ1n) is 11.0. The Kier molecular flexibility index (Phi) is 6.01. The highest BCUT2D eigenvalue weighted by atomic mass is 32.2. The summed E-state index contributed by atoms with van der Waals surface area (Å²) in [7, 11) is -3.67. The van der Waals surface area contributed by atoms with E-state index in [1.807, 2.05) is 65.1 Å². The molecular formula is C24H25N5O3S2. The number of carbonyl (C=O) groups is 1. The lowest BCUT2D eigenvalue weighted by Gasteiger charge is -2.37. The molecule has 1 fully saturated rings. The van der Waals surface area contributed by atoms with Crippen LogP contribution in [0.2, 0.25) is 0 Å². The standard InChI is InChI=1S/C24H25N5O3S2/c1-18(29-12-10-19-4-2-3-5-22(19)29)23(30)28-15-13-27(14-16-28)20-6-8-21(9-7-20)34(31,32)26-24-25-11-17-33-24/h2-12,17-18H,13-16H2,1H3,(H,25,26)/t18-/m1/s1. The molecule has 0 aliphatic carbocycles. The zero-order chi connectivity index (χ0) is 23.7. The minimum Gasteiger partial charge on any atom is -0.368 e.